The zero-order chi connectivity index (χ0) is 14.9. The Kier molecular flexibility index (Phi) is 3.55. The van der Waals surface area contributed by atoms with E-state index in [1.807, 2.05) is 0 Å². The van der Waals surface area contributed by atoms with Crippen LogP contribution in [-0.2, 0) is 9.47 Å². The monoisotopic (exact) mass is 280 g/mol. The molecule has 106 valence electrons. The SMILES string of the molecule is COC(=O)c1nc(-c2oc(C)nc2C)oc1C(=O)OC. The molecule has 2 heterocycles. The summed E-state index contributed by atoms with van der Waals surface area (Å²) < 4.78 is 19.6. The van der Waals surface area contributed by atoms with E-state index in [-0.39, 0.29) is 23.1 Å². The number of carbonyl (C=O) groups is 2. The summed E-state index contributed by atoms with van der Waals surface area (Å²) in [7, 11) is 2.33. The zero-order valence-corrected chi connectivity index (χ0v) is 11.3. The highest BCUT2D eigenvalue weighted by Gasteiger charge is 2.29. The molecule has 0 unspecified atom stereocenters. The van der Waals surface area contributed by atoms with E-state index >= 15 is 0 Å². The molecule has 0 aromatic carbocycles. The quantitative estimate of drug-likeness (QED) is 0.779. The van der Waals surface area contributed by atoms with Gasteiger partial charge in [0.2, 0.25) is 17.2 Å². The van der Waals surface area contributed by atoms with Crippen molar-refractivity contribution in [1.82, 2.24) is 9.97 Å². The minimum atomic E-state index is -0.835. The molecule has 0 spiro atoms. The number of carbonyl (C=O) groups excluding carboxylic acids is 2. The van der Waals surface area contributed by atoms with Crippen LogP contribution in [0.1, 0.15) is 32.6 Å². The van der Waals surface area contributed by atoms with Gasteiger partial charge in [0.15, 0.2) is 5.89 Å². The highest BCUT2D eigenvalue weighted by molar-refractivity contribution is 6.00. The van der Waals surface area contributed by atoms with E-state index in [1.54, 1.807) is 13.8 Å². The summed E-state index contributed by atoms with van der Waals surface area (Å²) in [5, 5.41) is 0. The normalized spacial score (nSPS) is 10.4. The summed E-state index contributed by atoms with van der Waals surface area (Å²) in [6.07, 6.45) is 0. The molecule has 0 aliphatic heterocycles. The Morgan fingerprint density at radius 3 is 2.15 bits per heavy atom. The Bertz CT molecular complexity index is 636. The van der Waals surface area contributed by atoms with Crippen LogP contribution in [0.2, 0.25) is 0 Å². The number of ether oxygens (including phenoxy) is 2. The van der Waals surface area contributed by atoms with Crippen molar-refractivity contribution < 1.29 is 27.9 Å². The zero-order valence-electron chi connectivity index (χ0n) is 11.3. The van der Waals surface area contributed by atoms with Gasteiger partial charge in [-0.1, -0.05) is 0 Å². The summed E-state index contributed by atoms with van der Waals surface area (Å²) in [6.45, 7) is 3.34. The maximum absolute atomic E-state index is 11.6. The number of hydrogen-bond acceptors (Lipinski definition) is 8. The molecule has 0 atom stereocenters. The van der Waals surface area contributed by atoms with E-state index in [4.69, 9.17) is 8.83 Å². The summed E-state index contributed by atoms with van der Waals surface area (Å²) in [5.74, 6) is -1.38. The number of rotatable bonds is 3. The first kappa shape index (κ1) is 13.8. The molecular weight excluding hydrogens is 268 g/mol. The van der Waals surface area contributed by atoms with Gasteiger partial charge >= 0.3 is 11.9 Å². The maximum atomic E-state index is 11.6. The van der Waals surface area contributed by atoms with E-state index in [0.29, 0.717) is 11.6 Å². The molecule has 8 nitrogen and oxygen atoms in total. The van der Waals surface area contributed by atoms with Crippen molar-refractivity contribution in [2.75, 3.05) is 14.2 Å². The summed E-state index contributed by atoms with van der Waals surface area (Å²) in [5.41, 5.74) is 0.249. The molecule has 20 heavy (non-hydrogen) atoms. The van der Waals surface area contributed by atoms with Crippen LogP contribution in [-0.4, -0.2) is 36.1 Å². The molecule has 8 heteroatoms. The van der Waals surface area contributed by atoms with Crippen LogP contribution < -0.4 is 0 Å². The third kappa shape index (κ3) is 2.27. The van der Waals surface area contributed by atoms with Crippen LogP contribution in [0.3, 0.4) is 0 Å². The van der Waals surface area contributed by atoms with Gasteiger partial charge in [0.1, 0.15) is 0 Å². The van der Waals surface area contributed by atoms with Crippen molar-refractivity contribution in [2.24, 2.45) is 0 Å². The largest absolute Gasteiger partial charge is 0.464 e. The van der Waals surface area contributed by atoms with Gasteiger partial charge in [-0.3, -0.25) is 0 Å². The van der Waals surface area contributed by atoms with E-state index in [9.17, 15) is 9.59 Å². The summed E-state index contributed by atoms with van der Waals surface area (Å²) in [6, 6.07) is 0. The molecule has 2 rings (SSSR count). The van der Waals surface area contributed by atoms with Crippen LogP contribution >= 0.6 is 0 Å². The van der Waals surface area contributed by atoms with Crippen molar-refractivity contribution in [3.05, 3.63) is 23.0 Å². The topological polar surface area (TPSA) is 105 Å². The van der Waals surface area contributed by atoms with E-state index in [1.165, 1.54) is 7.11 Å². The predicted molar refractivity (Wildman–Crippen MR) is 64.2 cm³/mol. The molecule has 0 aliphatic carbocycles. The molecule has 0 saturated carbocycles. The third-order valence-corrected chi connectivity index (χ3v) is 2.47. The number of aromatic nitrogens is 2. The Labute approximate surface area is 113 Å². The van der Waals surface area contributed by atoms with Gasteiger partial charge in [-0.2, -0.15) is 4.98 Å². The summed E-state index contributed by atoms with van der Waals surface area (Å²) >= 11 is 0. The average Bonchev–Trinajstić information content (AvgIpc) is 3.00. The van der Waals surface area contributed by atoms with Gasteiger partial charge in [0.25, 0.3) is 5.89 Å². The Hall–Kier alpha value is -2.64. The molecule has 2 aromatic rings. The number of aryl methyl sites for hydroxylation is 2. The van der Waals surface area contributed by atoms with Gasteiger partial charge < -0.3 is 18.3 Å². The maximum Gasteiger partial charge on any atom is 0.376 e. The van der Waals surface area contributed by atoms with Crippen molar-refractivity contribution in [2.45, 2.75) is 13.8 Å². The van der Waals surface area contributed by atoms with Gasteiger partial charge in [0.05, 0.1) is 19.9 Å². The molecule has 0 radical (unpaired) electrons. The molecule has 0 N–H and O–H groups in total. The lowest BCUT2D eigenvalue weighted by atomic mass is 10.3. The lowest BCUT2D eigenvalue weighted by molar-refractivity contribution is 0.0527. The van der Waals surface area contributed by atoms with Gasteiger partial charge in [-0.15, -0.1) is 0 Å². The molecule has 0 aliphatic rings. The van der Waals surface area contributed by atoms with Crippen LogP contribution in [0.4, 0.5) is 0 Å². The van der Waals surface area contributed by atoms with Crippen LogP contribution in [0.5, 0.6) is 0 Å². The second-order valence-electron chi connectivity index (χ2n) is 3.83. The highest BCUT2D eigenvalue weighted by atomic mass is 16.5. The first-order chi connectivity index (χ1) is 9.47. The minimum Gasteiger partial charge on any atom is -0.464 e. The molecule has 0 amide bonds. The fraction of sp³-hybridized carbons (Fsp3) is 0.333. The Balaban J connectivity index is 2.57. The van der Waals surface area contributed by atoms with Gasteiger partial charge in [-0.05, 0) is 6.92 Å². The van der Waals surface area contributed by atoms with Crippen LogP contribution in [0.15, 0.2) is 8.83 Å². The van der Waals surface area contributed by atoms with Gasteiger partial charge in [0, 0.05) is 6.92 Å². The number of methoxy groups -OCH3 is 2. The fourth-order valence-corrected chi connectivity index (χ4v) is 1.61. The lowest BCUT2D eigenvalue weighted by Crippen LogP contribution is -2.10. The second-order valence-corrected chi connectivity index (χ2v) is 3.83. The van der Waals surface area contributed by atoms with E-state index in [2.05, 4.69) is 19.4 Å². The van der Waals surface area contributed by atoms with Crippen LogP contribution in [0, 0.1) is 13.8 Å². The average molecular weight is 280 g/mol. The van der Waals surface area contributed by atoms with E-state index in [0.717, 1.165) is 7.11 Å². The second kappa shape index (κ2) is 5.16. The minimum absolute atomic E-state index is 0.0381. The lowest BCUT2D eigenvalue weighted by Gasteiger charge is -1.96. The standard InChI is InChI=1S/C12H12N2O6/c1-5-8(19-6(2)13-5)10-14-7(11(15)17-3)9(20-10)12(16)18-4/h1-4H3. The number of oxazole rings is 2. The molecule has 0 saturated heterocycles. The predicted octanol–water partition coefficient (Wildman–Crippen LogP) is 1.52. The number of nitrogens with zero attached hydrogens (tertiary/aromatic N) is 2. The first-order valence-corrected chi connectivity index (χ1v) is 5.59. The third-order valence-electron chi connectivity index (χ3n) is 2.47. The molecule has 0 fully saturated rings. The first-order valence-electron chi connectivity index (χ1n) is 5.59. The van der Waals surface area contributed by atoms with Crippen molar-refractivity contribution >= 4 is 11.9 Å². The van der Waals surface area contributed by atoms with Crippen molar-refractivity contribution in [1.29, 1.82) is 0 Å². The smallest absolute Gasteiger partial charge is 0.376 e. The summed E-state index contributed by atoms with van der Waals surface area (Å²) in [4.78, 5) is 31.1. The highest BCUT2D eigenvalue weighted by Crippen LogP contribution is 2.26. The van der Waals surface area contributed by atoms with E-state index < -0.39 is 11.9 Å². The molecule has 0 bridgehead atoms. The Morgan fingerprint density at radius 2 is 1.65 bits per heavy atom. The molecular formula is C12H12N2O6. The van der Waals surface area contributed by atoms with Crippen molar-refractivity contribution in [3.63, 3.8) is 0 Å². The fourth-order valence-electron chi connectivity index (χ4n) is 1.61. The van der Waals surface area contributed by atoms with Crippen molar-refractivity contribution in [3.8, 4) is 11.7 Å². The molecule has 2 aromatic heterocycles. The number of esters is 2. The van der Waals surface area contributed by atoms with Gasteiger partial charge in [-0.25, -0.2) is 14.6 Å². The van der Waals surface area contributed by atoms with Crippen LogP contribution in [0.25, 0.3) is 11.7 Å². The number of hydrogen-bond donors (Lipinski definition) is 0. The Morgan fingerprint density at radius 1 is 1.00 bits per heavy atom.